The van der Waals surface area contributed by atoms with E-state index in [1.807, 2.05) is 7.05 Å². The minimum absolute atomic E-state index is 0. The van der Waals surface area contributed by atoms with E-state index in [-0.39, 0.29) is 24.0 Å². The van der Waals surface area contributed by atoms with Crippen molar-refractivity contribution in [3.8, 4) is 0 Å². The number of hydrogen-bond acceptors (Lipinski definition) is 4. The molecule has 0 amide bonds. The minimum Gasteiger partial charge on any atom is -0.382 e. The quantitative estimate of drug-likeness (QED) is 0.230. The monoisotopic (exact) mass is 496 g/mol. The van der Waals surface area contributed by atoms with Gasteiger partial charge in [-0.25, -0.2) is 0 Å². The number of halogens is 1. The Hall–Kier alpha value is -0.120. The van der Waals surface area contributed by atoms with Crippen molar-refractivity contribution in [1.29, 1.82) is 0 Å². The maximum absolute atomic E-state index is 5.71. The second kappa shape index (κ2) is 14.0. The van der Waals surface area contributed by atoms with Gasteiger partial charge < -0.3 is 24.6 Å². The number of guanidine groups is 1. The van der Waals surface area contributed by atoms with E-state index in [0.717, 1.165) is 38.1 Å². The lowest BCUT2D eigenvalue weighted by molar-refractivity contribution is 0.0536. The molecule has 2 atom stereocenters. The Morgan fingerprint density at radius 1 is 1.19 bits per heavy atom. The molecule has 7 heteroatoms. The molecule has 6 nitrogen and oxygen atoms in total. The van der Waals surface area contributed by atoms with Crippen molar-refractivity contribution in [1.82, 2.24) is 15.1 Å². The fraction of sp³-hybridized carbons (Fsp3) is 0.950. The van der Waals surface area contributed by atoms with E-state index < -0.39 is 0 Å². The lowest BCUT2D eigenvalue weighted by Crippen LogP contribution is -2.49. The van der Waals surface area contributed by atoms with Crippen LogP contribution in [-0.4, -0.2) is 89.5 Å². The van der Waals surface area contributed by atoms with Crippen LogP contribution >= 0.6 is 24.0 Å². The van der Waals surface area contributed by atoms with Crippen LogP contribution in [-0.2, 0) is 9.47 Å². The Bertz CT molecular complexity index is 417. The molecule has 1 saturated heterocycles. The molecule has 27 heavy (non-hydrogen) atoms. The number of hydrogen-bond donors (Lipinski definition) is 1. The van der Waals surface area contributed by atoms with Crippen molar-refractivity contribution in [3.63, 3.8) is 0 Å². The molecule has 2 fully saturated rings. The Kier molecular flexibility index (Phi) is 12.9. The van der Waals surface area contributed by atoms with Gasteiger partial charge in [0, 0.05) is 45.8 Å². The van der Waals surface area contributed by atoms with Crippen LogP contribution < -0.4 is 5.32 Å². The molecule has 0 aromatic heterocycles. The molecule has 160 valence electrons. The van der Waals surface area contributed by atoms with Crippen molar-refractivity contribution >= 4 is 29.9 Å². The smallest absolute Gasteiger partial charge is 0.193 e. The average molecular weight is 496 g/mol. The average Bonchev–Trinajstić information content (AvgIpc) is 3.11. The molecule has 2 aliphatic rings. The Morgan fingerprint density at radius 3 is 2.56 bits per heavy atom. The molecule has 0 radical (unpaired) electrons. The number of rotatable bonds is 9. The zero-order chi connectivity index (χ0) is 18.8. The third kappa shape index (κ3) is 8.41. The van der Waals surface area contributed by atoms with E-state index in [4.69, 9.17) is 9.47 Å². The van der Waals surface area contributed by atoms with Gasteiger partial charge in [0.15, 0.2) is 5.96 Å². The molecule has 0 aromatic carbocycles. The summed E-state index contributed by atoms with van der Waals surface area (Å²) in [7, 11) is 8.04. The van der Waals surface area contributed by atoms with Gasteiger partial charge in [-0.1, -0.05) is 19.3 Å². The second-order valence-electron chi connectivity index (χ2n) is 8.03. The first-order valence-corrected chi connectivity index (χ1v) is 10.3. The summed E-state index contributed by atoms with van der Waals surface area (Å²) < 4.78 is 10.7. The summed E-state index contributed by atoms with van der Waals surface area (Å²) in [5.74, 6) is 2.45. The second-order valence-corrected chi connectivity index (χ2v) is 8.03. The lowest BCUT2D eigenvalue weighted by atomic mass is 9.83. The van der Waals surface area contributed by atoms with Gasteiger partial charge in [-0.05, 0) is 39.3 Å². The normalized spacial score (nSPS) is 22.8. The van der Waals surface area contributed by atoms with Gasteiger partial charge in [-0.15, -0.1) is 24.0 Å². The minimum atomic E-state index is 0. The van der Waals surface area contributed by atoms with Crippen LogP contribution in [0.25, 0.3) is 0 Å². The predicted octanol–water partition coefficient (Wildman–Crippen LogP) is 2.68. The van der Waals surface area contributed by atoms with Crippen LogP contribution in [0.2, 0.25) is 0 Å². The molecule has 1 aliphatic heterocycles. The zero-order valence-electron chi connectivity index (χ0n) is 17.8. The first-order chi connectivity index (χ1) is 12.7. The highest BCUT2D eigenvalue weighted by atomic mass is 127. The number of ether oxygens (including phenoxy) is 2. The van der Waals surface area contributed by atoms with Gasteiger partial charge in [0.05, 0.1) is 19.8 Å². The maximum atomic E-state index is 5.71. The summed E-state index contributed by atoms with van der Waals surface area (Å²) in [5, 5.41) is 3.66. The fourth-order valence-corrected chi connectivity index (χ4v) is 4.37. The van der Waals surface area contributed by atoms with Crippen LogP contribution in [0.3, 0.4) is 0 Å². The van der Waals surface area contributed by atoms with Crippen LogP contribution in [0.1, 0.15) is 38.5 Å². The van der Waals surface area contributed by atoms with Crippen LogP contribution in [0.4, 0.5) is 0 Å². The molecule has 1 heterocycles. The Labute approximate surface area is 183 Å². The topological polar surface area (TPSA) is 49.3 Å². The molecule has 0 bridgehead atoms. The summed E-state index contributed by atoms with van der Waals surface area (Å²) >= 11 is 0. The van der Waals surface area contributed by atoms with Gasteiger partial charge >= 0.3 is 0 Å². The molecule has 1 N–H and O–H groups in total. The zero-order valence-corrected chi connectivity index (χ0v) is 20.1. The van der Waals surface area contributed by atoms with E-state index >= 15 is 0 Å². The van der Waals surface area contributed by atoms with E-state index in [0.29, 0.717) is 25.2 Å². The predicted molar refractivity (Wildman–Crippen MR) is 123 cm³/mol. The lowest BCUT2D eigenvalue weighted by Gasteiger charge is -2.36. The van der Waals surface area contributed by atoms with E-state index in [2.05, 4.69) is 34.2 Å². The van der Waals surface area contributed by atoms with Crippen LogP contribution in [0.5, 0.6) is 0 Å². The number of likely N-dealkylation sites (tertiary alicyclic amines) is 1. The summed E-state index contributed by atoms with van der Waals surface area (Å²) in [6.07, 6.45) is 8.10. The molecule has 0 spiro atoms. The first kappa shape index (κ1) is 24.9. The van der Waals surface area contributed by atoms with Crippen LogP contribution in [0.15, 0.2) is 4.99 Å². The highest BCUT2D eigenvalue weighted by molar-refractivity contribution is 14.0. The van der Waals surface area contributed by atoms with Gasteiger partial charge in [0.2, 0.25) is 0 Å². The maximum Gasteiger partial charge on any atom is 0.193 e. The third-order valence-electron chi connectivity index (χ3n) is 5.91. The number of aliphatic imine (C=N–C) groups is 1. The Balaban J connectivity index is 0.00000364. The van der Waals surface area contributed by atoms with Gasteiger partial charge in [-0.3, -0.25) is 4.99 Å². The van der Waals surface area contributed by atoms with Crippen molar-refractivity contribution in [2.75, 3.05) is 67.7 Å². The molecule has 0 aromatic rings. The summed E-state index contributed by atoms with van der Waals surface area (Å²) in [6, 6.07) is 0.586. The number of nitrogens with one attached hydrogen (secondary N) is 1. The van der Waals surface area contributed by atoms with E-state index in [9.17, 15) is 0 Å². The molecule has 1 aliphatic carbocycles. The van der Waals surface area contributed by atoms with Gasteiger partial charge in [0.25, 0.3) is 0 Å². The first-order valence-electron chi connectivity index (χ1n) is 10.3. The highest BCUT2D eigenvalue weighted by Gasteiger charge is 2.28. The van der Waals surface area contributed by atoms with E-state index in [1.54, 1.807) is 7.11 Å². The molecule has 1 saturated carbocycles. The molecular weight excluding hydrogens is 455 g/mol. The number of likely N-dealkylation sites (N-methyl/N-ethyl adjacent to an activating group) is 1. The standard InChI is InChI=1S/C20H40N4O2.HI/c1-21-20(24-11-10-17(15-24)16-26-13-12-25-4)22-14-19(23(2)3)18-8-6-5-7-9-18;/h17-19H,5-16H2,1-4H3,(H,21,22);1H. The van der Waals surface area contributed by atoms with Gasteiger partial charge in [0.1, 0.15) is 0 Å². The molecular formula is C20H41IN4O2. The SMILES string of the molecule is CN=C(NCC(C1CCCCC1)N(C)C)N1CCC(COCCOC)C1.I. The number of nitrogens with zero attached hydrogens (tertiary/aromatic N) is 3. The largest absolute Gasteiger partial charge is 0.382 e. The van der Waals surface area contributed by atoms with Crippen molar-refractivity contribution in [3.05, 3.63) is 0 Å². The molecule has 2 rings (SSSR count). The summed E-state index contributed by atoms with van der Waals surface area (Å²) in [5.41, 5.74) is 0. The third-order valence-corrected chi connectivity index (χ3v) is 5.91. The summed E-state index contributed by atoms with van der Waals surface area (Å²) in [6.45, 7) is 5.25. The fourth-order valence-electron chi connectivity index (χ4n) is 4.37. The van der Waals surface area contributed by atoms with E-state index in [1.165, 1.54) is 38.5 Å². The summed E-state index contributed by atoms with van der Waals surface area (Å²) in [4.78, 5) is 9.33. The van der Waals surface area contributed by atoms with Crippen molar-refractivity contribution in [2.24, 2.45) is 16.8 Å². The highest BCUT2D eigenvalue weighted by Crippen LogP contribution is 2.28. The number of methoxy groups -OCH3 is 1. The molecule has 2 unspecified atom stereocenters. The van der Waals surface area contributed by atoms with Crippen LogP contribution in [0, 0.1) is 11.8 Å². The Morgan fingerprint density at radius 2 is 1.93 bits per heavy atom. The van der Waals surface area contributed by atoms with Crippen molar-refractivity contribution in [2.45, 2.75) is 44.6 Å². The van der Waals surface area contributed by atoms with Crippen molar-refractivity contribution < 1.29 is 9.47 Å². The van der Waals surface area contributed by atoms with Gasteiger partial charge in [-0.2, -0.15) is 0 Å².